The Kier molecular flexibility index (Phi) is 4.85. The Morgan fingerprint density at radius 3 is 2.64 bits per heavy atom. The Morgan fingerprint density at radius 2 is 2.00 bits per heavy atom. The molecule has 0 saturated heterocycles. The Bertz CT molecular complexity index is 696. The first-order valence-corrected chi connectivity index (χ1v) is 8.83. The van der Waals surface area contributed by atoms with Gasteiger partial charge in [-0.1, -0.05) is 32.9 Å². The summed E-state index contributed by atoms with van der Waals surface area (Å²) in [6.45, 7) is 6.32. The lowest BCUT2D eigenvalue weighted by Crippen LogP contribution is -2.38. The highest BCUT2D eigenvalue weighted by molar-refractivity contribution is 7.90. The van der Waals surface area contributed by atoms with Gasteiger partial charge in [-0.3, -0.25) is 14.5 Å². The summed E-state index contributed by atoms with van der Waals surface area (Å²) >= 11 is 0. The summed E-state index contributed by atoms with van der Waals surface area (Å²) in [5, 5.41) is 2.81. The lowest BCUT2D eigenvalue weighted by molar-refractivity contribution is -0.123. The van der Waals surface area contributed by atoms with E-state index in [0.717, 1.165) is 6.42 Å². The van der Waals surface area contributed by atoms with E-state index in [4.69, 9.17) is 0 Å². The van der Waals surface area contributed by atoms with Crippen LogP contribution in [0.5, 0.6) is 0 Å². The predicted octanol–water partition coefficient (Wildman–Crippen LogP) is 1.28. The van der Waals surface area contributed by atoms with Gasteiger partial charge < -0.3 is 5.32 Å². The van der Waals surface area contributed by atoms with Crippen molar-refractivity contribution in [2.45, 2.75) is 38.1 Å². The van der Waals surface area contributed by atoms with Crippen molar-refractivity contribution in [1.29, 1.82) is 0 Å². The van der Waals surface area contributed by atoms with E-state index in [1.54, 1.807) is 18.2 Å². The van der Waals surface area contributed by atoms with Crippen LogP contribution in [0.3, 0.4) is 0 Å². The molecule has 1 aromatic carbocycles. The monoisotopic (exact) mass is 323 g/mol. The average Bonchev–Trinajstić information content (AvgIpc) is 2.73. The van der Waals surface area contributed by atoms with Crippen molar-refractivity contribution in [1.82, 2.24) is 10.0 Å². The second kappa shape index (κ2) is 6.48. The molecular formula is C15H21N3O3S. The van der Waals surface area contributed by atoms with Crippen molar-refractivity contribution in [2.24, 2.45) is 10.9 Å². The van der Waals surface area contributed by atoms with Crippen molar-refractivity contribution >= 4 is 21.8 Å². The number of carbonyl (C=O) groups excluding carboxylic acids is 1. The second-order valence-electron chi connectivity index (χ2n) is 5.56. The van der Waals surface area contributed by atoms with Crippen molar-refractivity contribution in [3.63, 3.8) is 0 Å². The van der Waals surface area contributed by atoms with Gasteiger partial charge in [0.2, 0.25) is 5.91 Å². The van der Waals surface area contributed by atoms with Crippen LogP contribution in [0.2, 0.25) is 0 Å². The quantitative estimate of drug-likeness (QED) is 0.855. The molecular weight excluding hydrogens is 302 g/mol. The first kappa shape index (κ1) is 16.5. The van der Waals surface area contributed by atoms with Crippen LogP contribution in [0.15, 0.2) is 34.2 Å². The summed E-state index contributed by atoms with van der Waals surface area (Å²) < 4.78 is 26.6. The van der Waals surface area contributed by atoms with Crippen LogP contribution in [0.25, 0.3) is 0 Å². The number of amides is 1. The maximum Gasteiger partial charge on any atom is 0.263 e. The SMILES string of the molecule is CCCNC(=O)[C@@H](N=C1NS(=O)(=O)c2ccccc21)C(C)C. The molecule has 0 radical (unpaired) electrons. The molecule has 2 N–H and O–H groups in total. The predicted molar refractivity (Wildman–Crippen MR) is 85.2 cm³/mol. The van der Waals surface area contributed by atoms with E-state index in [1.807, 2.05) is 20.8 Å². The maximum atomic E-state index is 12.2. The number of aliphatic imine (C=N–C) groups is 1. The second-order valence-corrected chi connectivity index (χ2v) is 7.21. The number of carbonyl (C=O) groups is 1. The van der Waals surface area contributed by atoms with Gasteiger partial charge >= 0.3 is 0 Å². The summed E-state index contributed by atoms with van der Waals surface area (Å²) in [5.74, 6) is 0.00972. The summed E-state index contributed by atoms with van der Waals surface area (Å²) in [6, 6.07) is 6.00. The Balaban J connectivity index is 2.37. The van der Waals surface area contributed by atoms with Crippen LogP contribution in [-0.2, 0) is 14.8 Å². The van der Waals surface area contributed by atoms with Gasteiger partial charge in [0.05, 0.1) is 4.90 Å². The highest BCUT2D eigenvalue weighted by atomic mass is 32.2. The van der Waals surface area contributed by atoms with Crippen LogP contribution in [0.1, 0.15) is 32.8 Å². The molecule has 1 aliphatic heterocycles. The van der Waals surface area contributed by atoms with Crippen LogP contribution < -0.4 is 10.0 Å². The Labute approximate surface area is 131 Å². The summed E-state index contributed by atoms with van der Waals surface area (Å²) in [4.78, 5) is 16.8. The third-order valence-electron chi connectivity index (χ3n) is 3.38. The van der Waals surface area contributed by atoms with Crippen molar-refractivity contribution in [3.8, 4) is 0 Å². The first-order valence-electron chi connectivity index (χ1n) is 7.34. The van der Waals surface area contributed by atoms with E-state index in [-0.39, 0.29) is 22.6 Å². The van der Waals surface area contributed by atoms with Gasteiger partial charge in [-0.25, -0.2) is 8.42 Å². The molecule has 22 heavy (non-hydrogen) atoms. The minimum atomic E-state index is -3.58. The molecule has 0 saturated carbocycles. The molecule has 2 rings (SSSR count). The zero-order chi connectivity index (χ0) is 16.3. The molecule has 0 fully saturated rings. The molecule has 120 valence electrons. The van der Waals surface area contributed by atoms with Gasteiger partial charge in [0, 0.05) is 12.1 Å². The van der Waals surface area contributed by atoms with Crippen LogP contribution in [0, 0.1) is 5.92 Å². The summed E-state index contributed by atoms with van der Waals surface area (Å²) in [6.07, 6.45) is 0.836. The number of hydrogen-bond acceptors (Lipinski definition) is 4. The number of hydrogen-bond donors (Lipinski definition) is 2. The molecule has 7 heteroatoms. The van der Waals surface area contributed by atoms with E-state index < -0.39 is 16.1 Å². The molecule has 1 aliphatic rings. The minimum absolute atomic E-state index is 0.0402. The topological polar surface area (TPSA) is 87.6 Å². The zero-order valence-electron chi connectivity index (χ0n) is 13.0. The van der Waals surface area contributed by atoms with E-state index >= 15 is 0 Å². The zero-order valence-corrected chi connectivity index (χ0v) is 13.8. The molecule has 1 amide bonds. The number of nitrogens with zero attached hydrogens (tertiary/aromatic N) is 1. The fourth-order valence-corrected chi connectivity index (χ4v) is 3.47. The van der Waals surface area contributed by atoms with Gasteiger partial charge in [-0.05, 0) is 24.5 Å². The number of amidine groups is 1. The molecule has 0 aliphatic carbocycles. The first-order chi connectivity index (χ1) is 10.4. The van der Waals surface area contributed by atoms with Gasteiger partial charge in [0.15, 0.2) is 0 Å². The molecule has 1 atom stereocenters. The number of fused-ring (bicyclic) bond motifs is 1. The van der Waals surface area contributed by atoms with Crippen molar-refractivity contribution in [2.75, 3.05) is 6.54 Å². The lowest BCUT2D eigenvalue weighted by Gasteiger charge is -2.17. The standard InChI is InChI=1S/C15H21N3O3S/c1-4-9-16-15(19)13(10(2)3)17-14-11-7-5-6-8-12(11)22(20,21)18-14/h5-8,10,13H,4,9H2,1-3H3,(H,16,19)(H,17,18)/t13-/m0/s1. The fraction of sp³-hybridized carbons (Fsp3) is 0.467. The number of sulfonamides is 1. The summed E-state index contributed by atoms with van der Waals surface area (Å²) in [5.41, 5.74) is 0.511. The molecule has 0 spiro atoms. The van der Waals surface area contributed by atoms with Crippen molar-refractivity contribution in [3.05, 3.63) is 29.8 Å². The molecule has 6 nitrogen and oxygen atoms in total. The van der Waals surface area contributed by atoms with Crippen LogP contribution >= 0.6 is 0 Å². The maximum absolute atomic E-state index is 12.2. The highest BCUT2D eigenvalue weighted by Crippen LogP contribution is 2.23. The third-order valence-corrected chi connectivity index (χ3v) is 4.78. The normalized spacial score (nSPS) is 18.8. The minimum Gasteiger partial charge on any atom is -0.354 e. The average molecular weight is 323 g/mol. The van der Waals surface area contributed by atoms with Gasteiger partial charge in [-0.2, -0.15) is 0 Å². The van der Waals surface area contributed by atoms with E-state index in [2.05, 4.69) is 15.0 Å². The number of nitrogens with one attached hydrogen (secondary N) is 2. The highest BCUT2D eigenvalue weighted by Gasteiger charge is 2.32. The van der Waals surface area contributed by atoms with E-state index in [9.17, 15) is 13.2 Å². The van der Waals surface area contributed by atoms with Gasteiger partial charge in [0.1, 0.15) is 11.9 Å². The Hall–Kier alpha value is -1.89. The van der Waals surface area contributed by atoms with Gasteiger partial charge in [0.25, 0.3) is 10.0 Å². The van der Waals surface area contributed by atoms with Crippen molar-refractivity contribution < 1.29 is 13.2 Å². The Morgan fingerprint density at radius 1 is 1.32 bits per heavy atom. The molecule has 0 unspecified atom stereocenters. The summed E-state index contributed by atoms with van der Waals surface area (Å²) in [7, 11) is -3.58. The van der Waals surface area contributed by atoms with Crippen LogP contribution in [-0.4, -0.2) is 32.7 Å². The molecule has 1 aromatic rings. The van der Waals surface area contributed by atoms with E-state index in [1.165, 1.54) is 6.07 Å². The molecule has 1 heterocycles. The third kappa shape index (κ3) is 3.30. The lowest BCUT2D eigenvalue weighted by atomic mass is 10.0. The van der Waals surface area contributed by atoms with E-state index in [0.29, 0.717) is 12.1 Å². The number of benzene rings is 1. The fourth-order valence-electron chi connectivity index (χ4n) is 2.23. The smallest absolute Gasteiger partial charge is 0.263 e. The van der Waals surface area contributed by atoms with Gasteiger partial charge in [-0.15, -0.1) is 0 Å². The molecule has 0 aromatic heterocycles. The largest absolute Gasteiger partial charge is 0.354 e. The number of rotatable bonds is 5. The van der Waals surface area contributed by atoms with Crippen LogP contribution in [0.4, 0.5) is 0 Å². The molecule has 0 bridgehead atoms.